The first kappa shape index (κ1) is 19.7. The summed E-state index contributed by atoms with van der Waals surface area (Å²) in [5.41, 5.74) is 1.85. The highest BCUT2D eigenvalue weighted by Crippen LogP contribution is 2.18. The van der Waals surface area contributed by atoms with Crippen molar-refractivity contribution in [2.24, 2.45) is 5.41 Å². The molecule has 2 atom stereocenters. The number of carbonyl (C=O) groups excluding carboxylic acids is 2. The Bertz CT molecular complexity index is 647. The molecular weight excluding hydrogens is 308 g/mol. The number of carboxylic acids is 1. The average Bonchev–Trinajstić information content (AvgIpc) is 2.46. The molecule has 0 radical (unpaired) electrons. The van der Waals surface area contributed by atoms with Crippen LogP contribution in [0, 0.1) is 19.3 Å². The van der Waals surface area contributed by atoms with Crippen LogP contribution in [0.3, 0.4) is 0 Å². The van der Waals surface area contributed by atoms with Crippen molar-refractivity contribution in [3.05, 3.63) is 34.9 Å². The van der Waals surface area contributed by atoms with Crippen molar-refractivity contribution in [1.29, 1.82) is 0 Å². The van der Waals surface area contributed by atoms with Gasteiger partial charge in [-0.05, 0) is 37.5 Å². The number of hydrogen-bond acceptors (Lipinski definition) is 3. The highest BCUT2D eigenvalue weighted by atomic mass is 16.4. The average molecular weight is 334 g/mol. The Morgan fingerprint density at radius 1 is 1.04 bits per heavy atom. The summed E-state index contributed by atoms with van der Waals surface area (Å²) in [4.78, 5) is 35.7. The van der Waals surface area contributed by atoms with Gasteiger partial charge < -0.3 is 15.7 Å². The van der Waals surface area contributed by atoms with Gasteiger partial charge in [0.15, 0.2) is 6.04 Å². The van der Waals surface area contributed by atoms with E-state index < -0.39 is 29.4 Å². The van der Waals surface area contributed by atoms with Gasteiger partial charge in [-0.3, -0.25) is 9.59 Å². The van der Waals surface area contributed by atoms with Crippen LogP contribution in [0.4, 0.5) is 0 Å². The maximum Gasteiger partial charge on any atom is 0.330 e. The predicted molar refractivity (Wildman–Crippen MR) is 91.5 cm³/mol. The summed E-state index contributed by atoms with van der Waals surface area (Å²) in [5, 5.41) is 14.5. The Balaban J connectivity index is 2.88. The first-order valence-electron chi connectivity index (χ1n) is 7.84. The SMILES string of the molecule is Cc1ccc(C(NC(=O)C(C)NC(=O)C(C)(C)C)C(=O)O)cc1C. The lowest BCUT2D eigenvalue weighted by Gasteiger charge is -2.23. The topological polar surface area (TPSA) is 95.5 Å². The molecule has 1 rings (SSSR count). The number of carboxylic acid groups (broad SMARTS) is 1. The third kappa shape index (κ3) is 5.08. The van der Waals surface area contributed by atoms with Gasteiger partial charge in [-0.25, -0.2) is 4.79 Å². The maximum atomic E-state index is 12.3. The third-order valence-electron chi connectivity index (χ3n) is 3.82. The maximum absolute atomic E-state index is 12.3. The molecule has 24 heavy (non-hydrogen) atoms. The van der Waals surface area contributed by atoms with Crippen LogP contribution in [0.5, 0.6) is 0 Å². The third-order valence-corrected chi connectivity index (χ3v) is 3.82. The lowest BCUT2D eigenvalue weighted by molar-refractivity contribution is -0.142. The van der Waals surface area contributed by atoms with Crippen molar-refractivity contribution in [1.82, 2.24) is 10.6 Å². The van der Waals surface area contributed by atoms with E-state index >= 15 is 0 Å². The van der Waals surface area contributed by atoms with Crippen molar-refractivity contribution in [2.45, 2.75) is 53.6 Å². The molecule has 1 aromatic rings. The van der Waals surface area contributed by atoms with Crippen LogP contribution in [0.1, 0.15) is 50.4 Å². The standard InChI is InChI=1S/C18H26N2O4/c1-10-7-8-13(9-11(10)2)14(16(22)23)20-15(21)12(3)19-17(24)18(4,5)6/h7-9,12,14H,1-6H3,(H,19,24)(H,20,21)(H,22,23). The van der Waals surface area contributed by atoms with Crippen LogP contribution >= 0.6 is 0 Å². The molecule has 2 unspecified atom stereocenters. The summed E-state index contributed by atoms with van der Waals surface area (Å²) in [5.74, 6) is -1.97. The van der Waals surface area contributed by atoms with E-state index in [1.165, 1.54) is 6.92 Å². The molecule has 0 fully saturated rings. The summed E-state index contributed by atoms with van der Waals surface area (Å²) < 4.78 is 0. The molecule has 132 valence electrons. The number of benzene rings is 1. The summed E-state index contributed by atoms with van der Waals surface area (Å²) in [6.07, 6.45) is 0. The molecule has 0 aromatic heterocycles. The fourth-order valence-corrected chi connectivity index (χ4v) is 1.98. The second-order valence-electron chi connectivity index (χ2n) is 7.07. The molecule has 0 bridgehead atoms. The Labute approximate surface area is 142 Å². The van der Waals surface area contributed by atoms with Gasteiger partial charge in [-0.1, -0.05) is 39.0 Å². The second kappa shape index (κ2) is 7.47. The Kier molecular flexibility index (Phi) is 6.12. The van der Waals surface area contributed by atoms with Crippen molar-refractivity contribution < 1.29 is 19.5 Å². The fraction of sp³-hybridized carbons (Fsp3) is 0.500. The van der Waals surface area contributed by atoms with Crippen LogP contribution in [0.15, 0.2) is 18.2 Å². The smallest absolute Gasteiger partial charge is 0.330 e. The van der Waals surface area contributed by atoms with Gasteiger partial charge in [0, 0.05) is 5.41 Å². The van der Waals surface area contributed by atoms with Crippen LogP contribution in [-0.4, -0.2) is 28.9 Å². The lowest BCUT2D eigenvalue weighted by Crippen LogP contribution is -2.49. The number of hydrogen-bond donors (Lipinski definition) is 3. The van der Waals surface area contributed by atoms with E-state index in [0.29, 0.717) is 5.56 Å². The van der Waals surface area contributed by atoms with Gasteiger partial charge in [0.05, 0.1) is 0 Å². The number of aryl methyl sites for hydroxylation is 2. The van der Waals surface area contributed by atoms with Crippen molar-refractivity contribution in [3.8, 4) is 0 Å². The van der Waals surface area contributed by atoms with Gasteiger partial charge in [0.1, 0.15) is 6.04 Å². The van der Waals surface area contributed by atoms with E-state index in [4.69, 9.17) is 0 Å². The predicted octanol–water partition coefficient (Wildman–Crippen LogP) is 2.10. The molecular formula is C18H26N2O4. The summed E-state index contributed by atoms with van der Waals surface area (Å²) in [7, 11) is 0. The molecule has 0 spiro atoms. The summed E-state index contributed by atoms with van der Waals surface area (Å²) >= 11 is 0. The largest absolute Gasteiger partial charge is 0.479 e. The molecule has 0 saturated carbocycles. The van der Waals surface area contributed by atoms with Crippen LogP contribution in [0.2, 0.25) is 0 Å². The summed E-state index contributed by atoms with van der Waals surface area (Å²) in [6, 6.07) is 3.25. The molecule has 1 aromatic carbocycles. The van der Waals surface area contributed by atoms with Gasteiger partial charge in [-0.2, -0.15) is 0 Å². The molecule has 3 N–H and O–H groups in total. The fourth-order valence-electron chi connectivity index (χ4n) is 1.98. The molecule has 6 nitrogen and oxygen atoms in total. The molecule has 0 aliphatic carbocycles. The minimum Gasteiger partial charge on any atom is -0.479 e. The molecule has 0 heterocycles. The zero-order chi connectivity index (χ0) is 18.7. The molecule has 0 aliphatic heterocycles. The zero-order valence-electron chi connectivity index (χ0n) is 15.1. The van der Waals surface area contributed by atoms with Gasteiger partial charge >= 0.3 is 5.97 Å². The van der Waals surface area contributed by atoms with Crippen LogP contribution in [-0.2, 0) is 14.4 Å². The monoisotopic (exact) mass is 334 g/mol. The van der Waals surface area contributed by atoms with Gasteiger partial charge in [0.25, 0.3) is 0 Å². The zero-order valence-corrected chi connectivity index (χ0v) is 15.1. The van der Waals surface area contributed by atoms with E-state index in [1.807, 2.05) is 19.9 Å². The van der Waals surface area contributed by atoms with E-state index in [9.17, 15) is 19.5 Å². The first-order valence-corrected chi connectivity index (χ1v) is 7.84. The van der Waals surface area contributed by atoms with Crippen molar-refractivity contribution >= 4 is 17.8 Å². The number of rotatable bonds is 5. The highest BCUT2D eigenvalue weighted by Gasteiger charge is 2.28. The minimum absolute atomic E-state index is 0.275. The molecule has 0 saturated heterocycles. The van der Waals surface area contributed by atoms with Crippen molar-refractivity contribution in [2.75, 3.05) is 0 Å². The number of aliphatic carboxylic acids is 1. The Morgan fingerprint density at radius 3 is 2.08 bits per heavy atom. The van der Waals surface area contributed by atoms with E-state index in [0.717, 1.165) is 11.1 Å². The van der Waals surface area contributed by atoms with E-state index in [1.54, 1.807) is 32.9 Å². The quantitative estimate of drug-likeness (QED) is 0.768. The number of amides is 2. The van der Waals surface area contributed by atoms with Crippen LogP contribution < -0.4 is 10.6 Å². The normalized spacial score (nSPS) is 13.8. The van der Waals surface area contributed by atoms with E-state index in [-0.39, 0.29) is 5.91 Å². The summed E-state index contributed by atoms with van der Waals surface area (Å²) in [6.45, 7) is 10.5. The Hall–Kier alpha value is -2.37. The Morgan fingerprint density at radius 2 is 1.62 bits per heavy atom. The highest BCUT2D eigenvalue weighted by molar-refractivity contribution is 5.91. The second-order valence-corrected chi connectivity index (χ2v) is 7.07. The first-order chi connectivity index (χ1) is 10.9. The molecule has 2 amide bonds. The van der Waals surface area contributed by atoms with E-state index in [2.05, 4.69) is 10.6 Å². The van der Waals surface area contributed by atoms with Gasteiger partial charge in [-0.15, -0.1) is 0 Å². The van der Waals surface area contributed by atoms with Crippen LogP contribution in [0.25, 0.3) is 0 Å². The molecule has 6 heteroatoms. The van der Waals surface area contributed by atoms with Crippen molar-refractivity contribution in [3.63, 3.8) is 0 Å². The lowest BCUT2D eigenvalue weighted by atomic mass is 9.95. The van der Waals surface area contributed by atoms with Gasteiger partial charge in [0.2, 0.25) is 11.8 Å². The number of carbonyl (C=O) groups is 3. The minimum atomic E-state index is -1.16. The molecule has 0 aliphatic rings. The number of nitrogens with one attached hydrogen (secondary N) is 2.